The molecule has 70 valence electrons. The second-order valence-electron chi connectivity index (χ2n) is 1.88. The number of hydroxylamine groups is 2. The zero-order valence-electron chi connectivity index (χ0n) is 5.82. The van der Waals surface area contributed by atoms with Gasteiger partial charge in [-0.3, -0.25) is 20.0 Å². The number of hydrogen-bond donors (Lipinski definition) is 5. The molecule has 0 heterocycles. The van der Waals surface area contributed by atoms with Gasteiger partial charge < -0.3 is 5.73 Å². The number of halogens is 1. The van der Waals surface area contributed by atoms with Crippen molar-refractivity contribution in [2.45, 2.75) is 11.4 Å². The van der Waals surface area contributed by atoms with Crippen LogP contribution in [0.4, 0.5) is 0 Å². The van der Waals surface area contributed by atoms with E-state index in [0.29, 0.717) is 0 Å². The predicted molar refractivity (Wildman–Crippen MR) is 37.5 cm³/mol. The quantitative estimate of drug-likeness (QED) is 0.202. The van der Waals surface area contributed by atoms with Crippen molar-refractivity contribution in [3.05, 3.63) is 0 Å². The average molecular weight is 198 g/mol. The Morgan fingerprint density at radius 2 is 1.67 bits per heavy atom. The zero-order chi connectivity index (χ0) is 9.72. The molecule has 0 saturated carbocycles. The molecule has 2 atom stereocenters. The molecule has 0 aliphatic carbocycles. The lowest BCUT2D eigenvalue weighted by Gasteiger charge is -2.13. The van der Waals surface area contributed by atoms with Crippen LogP contribution in [0.3, 0.4) is 0 Å². The summed E-state index contributed by atoms with van der Waals surface area (Å²) in [7, 11) is 0. The van der Waals surface area contributed by atoms with E-state index >= 15 is 0 Å². The van der Waals surface area contributed by atoms with E-state index in [1.807, 2.05) is 0 Å². The van der Waals surface area contributed by atoms with Crippen LogP contribution >= 0.6 is 11.6 Å². The molecule has 2 unspecified atom stereocenters. The van der Waals surface area contributed by atoms with Gasteiger partial charge in [-0.2, -0.15) is 0 Å². The Morgan fingerprint density at radius 1 is 1.25 bits per heavy atom. The van der Waals surface area contributed by atoms with Crippen molar-refractivity contribution >= 4 is 23.4 Å². The minimum Gasteiger partial charge on any atom is -0.318 e. The van der Waals surface area contributed by atoms with Gasteiger partial charge in [-0.1, -0.05) is 0 Å². The first kappa shape index (κ1) is 11.1. The third kappa shape index (κ3) is 2.62. The third-order valence-corrected chi connectivity index (χ3v) is 1.56. The molecule has 0 rings (SSSR count). The highest BCUT2D eigenvalue weighted by molar-refractivity contribution is 6.32. The van der Waals surface area contributed by atoms with Gasteiger partial charge >= 0.3 is 0 Å². The van der Waals surface area contributed by atoms with Crippen LogP contribution in [0.15, 0.2) is 0 Å². The standard InChI is InChI=1S/C4H8ClN3O4/c5-1(3(9)7-11)2(6)4(10)8-12/h1-2,11-12H,6H2,(H,7,9)(H,8,10). The Bertz CT molecular complexity index is 167. The largest absolute Gasteiger partial charge is 0.318 e. The summed E-state index contributed by atoms with van der Waals surface area (Å²) in [6.45, 7) is 0. The van der Waals surface area contributed by atoms with Gasteiger partial charge in [-0.05, 0) is 0 Å². The van der Waals surface area contributed by atoms with E-state index in [0.717, 1.165) is 0 Å². The zero-order valence-corrected chi connectivity index (χ0v) is 6.58. The van der Waals surface area contributed by atoms with Gasteiger partial charge in [0.05, 0.1) is 0 Å². The Kier molecular flexibility index (Phi) is 4.52. The molecule has 0 bridgehead atoms. The van der Waals surface area contributed by atoms with Crippen LogP contribution < -0.4 is 16.7 Å². The molecule has 12 heavy (non-hydrogen) atoms. The number of nitrogens with one attached hydrogen (secondary N) is 2. The molecular formula is C4H8ClN3O4. The molecule has 0 aromatic rings. The predicted octanol–water partition coefficient (Wildman–Crippen LogP) is -2.07. The molecule has 0 aromatic carbocycles. The Balaban J connectivity index is 4.18. The first-order chi connectivity index (χ1) is 5.54. The van der Waals surface area contributed by atoms with Crippen LogP contribution in [0.25, 0.3) is 0 Å². The summed E-state index contributed by atoms with van der Waals surface area (Å²) < 4.78 is 0. The van der Waals surface area contributed by atoms with Crippen LogP contribution in [-0.2, 0) is 9.59 Å². The van der Waals surface area contributed by atoms with Crippen molar-refractivity contribution < 1.29 is 20.0 Å². The van der Waals surface area contributed by atoms with Crippen molar-refractivity contribution in [2.24, 2.45) is 5.73 Å². The summed E-state index contributed by atoms with van der Waals surface area (Å²) in [4.78, 5) is 21.1. The summed E-state index contributed by atoms with van der Waals surface area (Å²) in [5, 5.41) is 14.7. The lowest BCUT2D eigenvalue weighted by molar-refractivity contribution is -0.135. The summed E-state index contributed by atoms with van der Waals surface area (Å²) in [6, 6.07) is -1.43. The van der Waals surface area contributed by atoms with Crippen molar-refractivity contribution in [2.75, 3.05) is 0 Å². The van der Waals surface area contributed by atoms with Crippen molar-refractivity contribution in [3.8, 4) is 0 Å². The maximum absolute atomic E-state index is 10.5. The molecule has 0 aliphatic heterocycles. The minimum absolute atomic E-state index is 1.02. The van der Waals surface area contributed by atoms with Crippen LogP contribution in [0.2, 0.25) is 0 Å². The highest BCUT2D eigenvalue weighted by atomic mass is 35.5. The van der Waals surface area contributed by atoms with Gasteiger partial charge in [0.1, 0.15) is 11.4 Å². The number of hydrogen-bond acceptors (Lipinski definition) is 5. The van der Waals surface area contributed by atoms with E-state index in [-0.39, 0.29) is 0 Å². The summed E-state index contributed by atoms with van der Waals surface area (Å²) in [5.74, 6) is -2.04. The fourth-order valence-electron chi connectivity index (χ4n) is 0.432. The number of carbonyl (C=O) groups excluding carboxylic acids is 2. The third-order valence-electron chi connectivity index (χ3n) is 1.09. The summed E-state index contributed by atoms with van der Waals surface area (Å²) >= 11 is 5.29. The van der Waals surface area contributed by atoms with Crippen LogP contribution in [0, 0.1) is 0 Å². The average Bonchev–Trinajstić information content (AvgIpc) is 2.12. The second kappa shape index (κ2) is 4.88. The number of amides is 2. The summed E-state index contributed by atoms with van der Waals surface area (Å²) in [6.07, 6.45) is 0. The second-order valence-corrected chi connectivity index (χ2v) is 2.35. The molecule has 8 heteroatoms. The fourth-order valence-corrected chi connectivity index (χ4v) is 0.595. The Labute approximate surface area is 72.4 Å². The van der Waals surface area contributed by atoms with Gasteiger partial charge in [-0.15, -0.1) is 11.6 Å². The highest BCUT2D eigenvalue weighted by Gasteiger charge is 2.28. The van der Waals surface area contributed by atoms with E-state index < -0.39 is 23.2 Å². The van der Waals surface area contributed by atoms with Gasteiger partial charge in [0.15, 0.2) is 0 Å². The van der Waals surface area contributed by atoms with Crippen LogP contribution in [0.1, 0.15) is 0 Å². The Hall–Kier alpha value is -0.890. The smallest absolute Gasteiger partial charge is 0.263 e. The number of nitrogens with two attached hydrogens (primary N) is 1. The van der Waals surface area contributed by atoms with Crippen LogP contribution in [-0.4, -0.2) is 33.6 Å². The first-order valence-electron chi connectivity index (χ1n) is 2.82. The number of carbonyl (C=O) groups is 2. The molecule has 0 spiro atoms. The molecular weight excluding hydrogens is 190 g/mol. The molecule has 0 fully saturated rings. The first-order valence-corrected chi connectivity index (χ1v) is 3.25. The molecule has 0 radical (unpaired) electrons. The lowest BCUT2D eigenvalue weighted by Crippen LogP contribution is -2.50. The topological polar surface area (TPSA) is 125 Å². The Morgan fingerprint density at radius 3 is 2.00 bits per heavy atom. The van der Waals surface area contributed by atoms with Crippen molar-refractivity contribution in [3.63, 3.8) is 0 Å². The number of rotatable bonds is 3. The van der Waals surface area contributed by atoms with Gasteiger partial charge in [0, 0.05) is 0 Å². The summed E-state index contributed by atoms with van der Waals surface area (Å²) in [5.41, 5.74) is 7.50. The van der Waals surface area contributed by atoms with Gasteiger partial charge in [0.2, 0.25) is 0 Å². The van der Waals surface area contributed by atoms with Crippen LogP contribution in [0.5, 0.6) is 0 Å². The molecule has 0 aromatic heterocycles. The number of alkyl halides is 1. The maximum atomic E-state index is 10.5. The molecule has 6 N–H and O–H groups in total. The minimum atomic E-state index is -1.44. The monoisotopic (exact) mass is 197 g/mol. The van der Waals surface area contributed by atoms with E-state index in [4.69, 9.17) is 27.7 Å². The van der Waals surface area contributed by atoms with E-state index in [1.54, 1.807) is 0 Å². The van der Waals surface area contributed by atoms with Gasteiger partial charge in [-0.25, -0.2) is 11.0 Å². The van der Waals surface area contributed by atoms with Gasteiger partial charge in [0.25, 0.3) is 11.8 Å². The van der Waals surface area contributed by atoms with E-state index in [2.05, 4.69) is 0 Å². The normalized spacial score (nSPS) is 14.7. The molecule has 2 amide bonds. The molecule has 7 nitrogen and oxygen atoms in total. The van der Waals surface area contributed by atoms with Crippen molar-refractivity contribution in [1.29, 1.82) is 0 Å². The van der Waals surface area contributed by atoms with E-state index in [9.17, 15) is 9.59 Å². The molecule has 0 aliphatic rings. The van der Waals surface area contributed by atoms with E-state index in [1.165, 1.54) is 11.0 Å². The highest BCUT2D eigenvalue weighted by Crippen LogP contribution is 2.00. The SMILES string of the molecule is NC(C(=O)NO)C(Cl)C(=O)NO. The fraction of sp³-hybridized carbons (Fsp3) is 0.500. The van der Waals surface area contributed by atoms with Crippen molar-refractivity contribution in [1.82, 2.24) is 11.0 Å². The molecule has 0 saturated heterocycles. The maximum Gasteiger partial charge on any atom is 0.263 e. The lowest BCUT2D eigenvalue weighted by atomic mass is 10.2.